The van der Waals surface area contributed by atoms with Gasteiger partial charge in [0, 0.05) is 0 Å². The van der Waals surface area contributed by atoms with Crippen LogP contribution in [0.5, 0.6) is 0 Å². The Bertz CT molecular complexity index is 736. The molecule has 1 N–H and O–H groups in total. The number of halogens is 1. The maximum atomic E-state index is 8.73. The van der Waals surface area contributed by atoms with Crippen LogP contribution in [0.3, 0.4) is 0 Å². The summed E-state index contributed by atoms with van der Waals surface area (Å²) in [6.07, 6.45) is 0. The van der Waals surface area contributed by atoms with Crippen LogP contribution in [0.4, 0.5) is 0 Å². The minimum absolute atomic E-state index is 0.371. The SMILES string of the molecule is N#Cc1ccc(-c2nc(-c3ccc(Br)s3)no2)[nH]1. The molecule has 88 valence electrons. The molecule has 0 spiro atoms. The van der Waals surface area contributed by atoms with Crippen LogP contribution in [0.15, 0.2) is 32.6 Å². The zero-order chi connectivity index (χ0) is 12.5. The van der Waals surface area contributed by atoms with Gasteiger partial charge in [-0.1, -0.05) is 5.16 Å². The van der Waals surface area contributed by atoms with E-state index in [1.807, 2.05) is 18.2 Å². The molecule has 0 aliphatic rings. The van der Waals surface area contributed by atoms with Crippen molar-refractivity contribution in [2.75, 3.05) is 0 Å². The summed E-state index contributed by atoms with van der Waals surface area (Å²) in [4.78, 5) is 8.09. The van der Waals surface area contributed by atoms with Gasteiger partial charge in [-0.05, 0) is 40.2 Å². The van der Waals surface area contributed by atoms with Crippen LogP contribution in [0, 0.1) is 11.3 Å². The molecule has 0 atom stereocenters. The van der Waals surface area contributed by atoms with Crippen LogP contribution in [0.2, 0.25) is 0 Å². The Labute approximate surface area is 114 Å². The Kier molecular flexibility index (Phi) is 2.74. The van der Waals surface area contributed by atoms with Gasteiger partial charge in [-0.25, -0.2) is 0 Å². The number of rotatable bonds is 2. The fraction of sp³-hybridized carbons (Fsp3) is 0. The maximum Gasteiger partial charge on any atom is 0.274 e. The number of nitrogens with one attached hydrogen (secondary N) is 1. The monoisotopic (exact) mass is 320 g/mol. The normalized spacial score (nSPS) is 10.4. The maximum absolute atomic E-state index is 8.73. The topological polar surface area (TPSA) is 78.5 Å². The Morgan fingerprint density at radius 3 is 2.89 bits per heavy atom. The molecule has 0 unspecified atom stereocenters. The van der Waals surface area contributed by atoms with E-state index in [0.717, 1.165) is 8.66 Å². The molecule has 0 aliphatic carbocycles. The lowest BCUT2D eigenvalue weighted by molar-refractivity contribution is 0.431. The van der Waals surface area contributed by atoms with E-state index < -0.39 is 0 Å². The van der Waals surface area contributed by atoms with Gasteiger partial charge in [-0.15, -0.1) is 11.3 Å². The van der Waals surface area contributed by atoms with Crippen molar-refractivity contribution < 1.29 is 4.52 Å². The van der Waals surface area contributed by atoms with Crippen molar-refractivity contribution in [3.05, 3.63) is 33.7 Å². The molecule has 0 bridgehead atoms. The molecule has 0 fully saturated rings. The molecule has 0 aliphatic heterocycles. The molecule has 0 aromatic carbocycles. The van der Waals surface area contributed by atoms with Gasteiger partial charge in [-0.3, -0.25) is 0 Å². The molecular weight excluding hydrogens is 316 g/mol. The number of nitriles is 1. The number of thiophene rings is 1. The average molecular weight is 321 g/mol. The Balaban J connectivity index is 1.96. The molecular formula is C11H5BrN4OS. The summed E-state index contributed by atoms with van der Waals surface area (Å²) in [5.74, 6) is 0.907. The molecule has 7 heteroatoms. The van der Waals surface area contributed by atoms with Crippen LogP contribution in [-0.2, 0) is 0 Å². The number of nitrogens with zero attached hydrogens (tertiary/aromatic N) is 3. The highest BCUT2D eigenvalue weighted by molar-refractivity contribution is 9.11. The fourth-order valence-corrected chi connectivity index (χ4v) is 2.76. The highest BCUT2D eigenvalue weighted by Gasteiger charge is 2.13. The van der Waals surface area contributed by atoms with E-state index in [9.17, 15) is 0 Å². The molecule has 18 heavy (non-hydrogen) atoms. The van der Waals surface area contributed by atoms with E-state index in [1.165, 1.54) is 11.3 Å². The predicted octanol–water partition coefficient (Wildman–Crippen LogP) is 3.43. The number of aromatic amines is 1. The van der Waals surface area contributed by atoms with Crippen LogP contribution in [0.25, 0.3) is 22.3 Å². The summed E-state index contributed by atoms with van der Waals surface area (Å²) < 4.78 is 6.17. The summed E-state index contributed by atoms with van der Waals surface area (Å²) >= 11 is 4.91. The van der Waals surface area contributed by atoms with E-state index in [-0.39, 0.29) is 0 Å². The molecule has 3 rings (SSSR count). The molecule has 5 nitrogen and oxygen atoms in total. The minimum atomic E-state index is 0.371. The van der Waals surface area contributed by atoms with Crippen LogP contribution >= 0.6 is 27.3 Å². The van der Waals surface area contributed by atoms with Crippen molar-refractivity contribution in [2.24, 2.45) is 0 Å². The van der Waals surface area contributed by atoms with Crippen LogP contribution in [-0.4, -0.2) is 15.1 Å². The van der Waals surface area contributed by atoms with E-state index in [1.54, 1.807) is 12.1 Å². The molecule has 3 aromatic heterocycles. The minimum Gasteiger partial charge on any atom is -0.342 e. The quantitative estimate of drug-likeness (QED) is 0.784. The first-order chi connectivity index (χ1) is 8.76. The summed E-state index contributed by atoms with van der Waals surface area (Å²) in [6, 6.07) is 9.26. The Hall–Kier alpha value is -1.91. The summed E-state index contributed by atoms with van der Waals surface area (Å²) in [5.41, 5.74) is 1.10. The van der Waals surface area contributed by atoms with Gasteiger partial charge >= 0.3 is 0 Å². The Morgan fingerprint density at radius 2 is 2.22 bits per heavy atom. The fourth-order valence-electron chi connectivity index (χ4n) is 1.45. The van der Waals surface area contributed by atoms with Crippen molar-refractivity contribution in [3.63, 3.8) is 0 Å². The van der Waals surface area contributed by atoms with E-state index in [4.69, 9.17) is 9.78 Å². The standard InChI is InChI=1S/C11H5BrN4OS/c12-9-4-3-8(18-9)10-15-11(17-16-10)7-2-1-6(5-13)14-7/h1-4,14H. The lowest BCUT2D eigenvalue weighted by Crippen LogP contribution is -1.79. The first-order valence-electron chi connectivity index (χ1n) is 4.95. The van der Waals surface area contributed by atoms with Crippen LogP contribution < -0.4 is 0 Å². The van der Waals surface area contributed by atoms with Crippen molar-refractivity contribution in [2.45, 2.75) is 0 Å². The van der Waals surface area contributed by atoms with E-state index in [0.29, 0.717) is 23.1 Å². The van der Waals surface area contributed by atoms with Crippen LogP contribution in [0.1, 0.15) is 5.69 Å². The average Bonchev–Trinajstić information content (AvgIpc) is 3.07. The number of hydrogen-bond acceptors (Lipinski definition) is 5. The number of aromatic nitrogens is 3. The lowest BCUT2D eigenvalue weighted by atomic mass is 10.4. The van der Waals surface area contributed by atoms with Gasteiger partial charge in [0.25, 0.3) is 5.89 Å². The van der Waals surface area contributed by atoms with Gasteiger partial charge in [0.15, 0.2) is 0 Å². The zero-order valence-corrected chi connectivity index (χ0v) is 11.2. The molecule has 0 saturated carbocycles. The summed E-state index contributed by atoms with van der Waals surface area (Å²) in [7, 11) is 0. The van der Waals surface area contributed by atoms with E-state index >= 15 is 0 Å². The van der Waals surface area contributed by atoms with E-state index in [2.05, 4.69) is 31.1 Å². The second-order valence-corrected chi connectivity index (χ2v) is 5.89. The molecule has 0 radical (unpaired) electrons. The van der Waals surface area contributed by atoms with Crippen molar-refractivity contribution in [1.29, 1.82) is 5.26 Å². The smallest absolute Gasteiger partial charge is 0.274 e. The molecule has 0 saturated heterocycles. The predicted molar refractivity (Wildman–Crippen MR) is 69.8 cm³/mol. The van der Waals surface area contributed by atoms with Gasteiger partial charge in [0.2, 0.25) is 5.82 Å². The van der Waals surface area contributed by atoms with Gasteiger partial charge in [0.05, 0.1) is 8.66 Å². The molecule has 3 aromatic rings. The molecule has 3 heterocycles. The largest absolute Gasteiger partial charge is 0.342 e. The first kappa shape index (κ1) is 11.2. The number of H-pyrrole nitrogens is 1. The third-order valence-electron chi connectivity index (χ3n) is 2.26. The second kappa shape index (κ2) is 4.40. The molecule has 0 amide bonds. The lowest BCUT2D eigenvalue weighted by Gasteiger charge is -1.85. The summed E-state index contributed by atoms with van der Waals surface area (Å²) in [6.45, 7) is 0. The van der Waals surface area contributed by atoms with Crippen molar-refractivity contribution in [1.82, 2.24) is 15.1 Å². The van der Waals surface area contributed by atoms with Crippen molar-refractivity contribution >= 4 is 27.3 Å². The van der Waals surface area contributed by atoms with Gasteiger partial charge in [0.1, 0.15) is 17.5 Å². The summed E-state index contributed by atoms with van der Waals surface area (Å²) in [5, 5.41) is 12.6. The third kappa shape index (κ3) is 1.96. The first-order valence-corrected chi connectivity index (χ1v) is 6.56. The number of hydrogen-bond donors (Lipinski definition) is 1. The zero-order valence-electron chi connectivity index (χ0n) is 8.85. The Morgan fingerprint density at radius 1 is 1.33 bits per heavy atom. The van der Waals surface area contributed by atoms with Gasteiger partial charge < -0.3 is 9.51 Å². The second-order valence-electron chi connectivity index (χ2n) is 3.42. The van der Waals surface area contributed by atoms with Crippen molar-refractivity contribution in [3.8, 4) is 28.4 Å². The highest BCUT2D eigenvalue weighted by atomic mass is 79.9. The van der Waals surface area contributed by atoms with Gasteiger partial charge in [-0.2, -0.15) is 10.2 Å². The highest BCUT2D eigenvalue weighted by Crippen LogP contribution is 2.30. The third-order valence-corrected chi connectivity index (χ3v) is 3.88.